The Morgan fingerprint density at radius 3 is 1.32 bits per heavy atom. The van der Waals surface area contributed by atoms with Gasteiger partial charge in [-0.25, -0.2) is 0 Å². The first-order chi connectivity index (χ1) is 8.85. The third-order valence-electron chi connectivity index (χ3n) is 3.90. The summed E-state index contributed by atoms with van der Waals surface area (Å²) in [7, 11) is 0. The van der Waals surface area contributed by atoms with E-state index in [0.29, 0.717) is 0 Å². The monoisotopic (exact) mass is 276 g/mol. The second kappa shape index (κ2) is 19.0. The third kappa shape index (κ3) is 16.9. The van der Waals surface area contributed by atoms with E-state index in [2.05, 4.69) is 20.8 Å². The fraction of sp³-hybridized carbons (Fsp3) is 0.944. The molecule has 0 fully saturated rings. The van der Waals surface area contributed by atoms with Crippen LogP contribution in [0.25, 0.3) is 0 Å². The quantitative estimate of drug-likeness (QED) is 0.255. The molecular formula is C18H37Na. The van der Waals surface area contributed by atoms with Crippen molar-refractivity contribution in [1.82, 2.24) is 0 Å². The average Bonchev–Trinajstić information content (AvgIpc) is 2.40. The normalized spacial score (nSPS) is 10.7. The summed E-state index contributed by atoms with van der Waals surface area (Å²) in [6.07, 6.45) is 19.9. The Morgan fingerprint density at radius 1 is 0.474 bits per heavy atom. The third-order valence-corrected chi connectivity index (χ3v) is 3.90. The summed E-state index contributed by atoms with van der Waals surface area (Å²) >= 11 is 0. The van der Waals surface area contributed by atoms with Crippen LogP contribution in [-0.4, -0.2) is 0 Å². The molecule has 0 atom stereocenters. The Labute approximate surface area is 145 Å². The fourth-order valence-corrected chi connectivity index (χ4v) is 2.56. The van der Waals surface area contributed by atoms with E-state index in [1.165, 1.54) is 89.9 Å². The zero-order chi connectivity index (χ0) is 13.5. The standard InChI is InChI=1S/C18H37.Na/c1-4-7-10-11-12-13-14-17-18(15-8-5-2)16-9-6-3;/h4-17H2,1-3H3;/q-1;+1. The summed E-state index contributed by atoms with van der Waals surface area (Å²) < 4.78 is 0. The summed E-state index contributed by atoms with van der Waals surface area (Å²) in [5, 5.41) is 0. The van der Waals surface area contributed by atoms with Crippen molar-refractivity contribution in [2.75, 3.05) is 0 Å². The maximum Gasteiger partial charge on any atom is 1.00 e. The molecule has 0 aliphatic carbocycles. The van der Waals surface area contributed by atoms with Gasteiger partial charge in [-0.15, -0.1) is 0 Å². The predicted octanol–water partition coefficient (Wildman–Crippen LogP) is 4.09. The molecule has 0 saturated heterocycles. The van der Waals surface area contributed by atoms with E-state index in [1.54, 1.807) is 0 Å². The van der Waals surface area contributed by atoms with Crippen LogP contribution >= 0.6 is 0 Å². The molecule has 1 heteroatoms. The molecule has 0 rings (SSSR count). The van der Waals surface area contributed by atoms with Crippen molar-refractivity contribution >= 4 is 0 Å². The average molecular weight is 276 g/mol. The van der Waals surface area contributed by atoms with E-state index in [1.807, 2.05) is 5.92 Å². The van der Waals surface area contributed by atoms with E-state index in [9.17, 15) is 0 Å². The van der Waals surface area contributed by atoms with E-state index in [-0.39, 0.29) is 29.6 Å². The minimum absolute atomic E-state index is 0. The molecule has 0 saturated carbocycles. The van der Waals surface area contributed by atoms with E-state index < -0.39 is 0 Å². The molecule has 0 amide bonds. The van der Waals surface area contributed by atoms with Crippen LogP contribution in [0.5, 0.6) is 0 Å². The Kier molecular flexibility index (Phi) is 22.3. The van der Waals surface area contributed by atoms with Crippen molar-refractivity contribution in [2.45, 2.75) is 111 Å². The van der Waals surface area contributed by atoms with Crippen LogP contribution in [-0.2, 0) is 0 Å². The fourth-order valence-electron chi connectivity index (χ4n) is 2.56. The van der Waals surface area contributed by atoms with Gasteiger partial charge in [-0.2, -0.15) is 19.3 Å². The second-order valence-electron chi connectivity index (χ2n) is 5.83. The van der Waals surface area contributed by atoms with Gasteiger partial charge in [0.05, 0.1) is 0 Å². The molecule has 19 heavy (non-hydrogen) atoms. The Balaban J connectivity index is 0. The van der Waals surface area contributed by atoms with Gasteiger partial charge in [0.2, 0.25) is 0 Å². The Hall–Kier alpha value is 1.00. The summed E-state index contributed by atoms with van der Waals surface area (Å²) in [4.78, 5) is 0. The largest absolute Gasteiger partial charge is 1.00 e. The SMILES string of the molecule is CCCCCCCCC[C-](CCCC)CCCC.[Na+]. The molecule has 0 unspecified atom stereocenters. The van der Waals surface area contributed by atoms with E-state index in [4.69, 9.17) is 0 Å². The van der Waals surface area contributed by atoms with Gasteiger partial charge in [-0.1, -0.05) is 91.4 Å². The van der Waals surface area contributed by atoms with Crippen molar-refractivity contribution in [3.05, 3.63) is 5.92 Å². The van der Waals surface area contributed by atoms with Crippen molar-refractivity contribution in [1.29, 1.82) is 0 Å². The number of hydrogen-bond acceptors (Lipinski definition) is 0. The van der Waals surface area contributed by atoms with Gasteiger partial charge in [0, 0.05) is 0 Å². The molecule has 0 bridgehead atoms. The van der Waals surface area contributed by atoms with Gasteiger partial charge in [0.15, 0.2) is 0 Å². The van der Waals surface area contributed by atoms with Crippen LogP contribution in [0.15, 0.2) is 0 Å². The molecule has 0 aromatic rings. The molecule has 0 spiro atoms. The predicted molar refractivity (Wildman–Crippen MR) is 84.9 cm³/mol. The van der Waals surface area contributed by atoms with Crippen LogP contribution in [0, 0.1) is 5.92 Å². The Morgan fingerprint density at radius 2 is 0.842 bits per heavy atom. The smallest absolute Gasteiger partial charge is 0.314 e. The number of hydrogen-bond donors (Lipinski definition) is 0. The maximum absolute atomic E-state index is 2.31. The first-order valence-corrected chi connectivity index (χ1v) is 8.68. The van der Waals surface area contributed by atoms with Gasteiger partial charge in [0.1, 0.15) is 0 Å². The molecular weight excluding hydrogens is 239 g/mol. The van der Waals surface area contributed by atoms with Gasteiger partial charge in [-0.3, -0.25) is 0 Å². The van der Waals surface area contributed by atoms with Crippen molar-refractivity contribution in [3.63, 3.8) is 0 Å². The van der Waals surface area contributed by atoms with E-state index in [0.717, 1.165) is 0 Å². The molecule has 0 N–H and O–H groups in total. The maximum atomic E-state index is 2.31. The summed E-state index contributed by atoms with van der Waals surface area (Å²) in [6.45, 7) is 6.92. The molecule has 0 aliphatic heterocycles. The van der Waals surface area contributed by atoms with E-state index >= 15 is 0 Å². The van der Waals surface area contributed by atoms with Crippen molar-refractivity contribution in [3.8, 4) is 0 Å². The van der Waals surface area contributed by atoms with Gasteiger partial charge in [0.25, 0.3) is 0 Å². The molecule has 110 valence electrons. The minimum atomic E-state index is 0. The van der Waals surface area contributed by atoms with Crippen LogP contribution in [0.1, 0.15) is 111 Å². The Bertz CT molecular complexity index is 137. The summed E-state index contributed by atoms with van der Waals surface area (Å²) in [6, 6.07) is 0. The van der Waals surface area contributed by atoms with Crippen molar-refractivity contribution < 1.29 is 29.6 Å². The zero-order valence-corrected chi connectivity index (χ0v) is 16.4. The van der Waals surface area contributed by atoms with Gasteiger partial charge >= 0.3 is 29.6 Å². The second-order valence-corrected chi connectivity index (χ2v) is 5.83. The van der Waals surface area contributed by atoms with Crippen LogP contribution in [0.4, 0.5) is 0 Å². The molecule has 0 heterocycles. The first kappa shape index (κ1) is 22.3. The number of rotatable bonds is 14. The van der Waals surface area contributed by atoms with Crippen LogP contribution in [0.3, 0.4) is 0 Å². The first-order valence-electron chi connectivity index (χ1n) is 8.68. The summed E-state index contributed by atoms with van der Waals surface area (Å²) in [5.41, 5.74) is 0. The number of unbranched alkanes of at least 4 members (excludes halogenated alkanes) is 8. The molecule has 0 aromatic heterocycles. The minimum Gasteiger partial charge on any atom is -0.314 e. The van der Waals surface area contributed by atoms with Crippen molar-refractivity contribution in [2.24, 2.45) is 0 Å². The van der Waals surface area contributed by atoms with Gasteiger partial charge < -0.3 is 5.92 Å². The zero-order valence-electron chi connectivity index (χ0n) is 14.4. The molecule has 0 aliphatic rings. The van der Waals surface area contributed by atoms with Crippen LogP contribution in [0.2, 0.25) is 0 Å². The molecule has 0 nitrogen and oxygen atoms in total. The van der Waals surface area contributed by atoms with Gasteiger partial charge in [-0.05, 0) is 0 Å². The molecule has 0 aromatic carbocycles. The topological polar surface area (TPSA) is 0 Å². The molecule has 0 radical (unpaired) electrons. The summed E-state index contributed by atoms with van der Waals surface area (Å²) in [5.74, 6) is 1.87. The van der Waals surface area contributed by atoms with Crippen LogP contribution < -0.4 is 29.6 Å².